The molecule has 2 aromatic carbocycles. The van der Waals surface area contributed by atoms with Gasteiger partial charge in [0.15, 0.2) is 0 Å². The summed E-state index contributed by atoms with van der Waals surface area (Å²) in [6.07, 6.45) is -4.79. The van der Waals surface area contributed by atoms with Gasteiger partial charge in [-0.25, -0.2) is 13.2 Å². The number of hydrogen-bond acceptors (Lipinski definition) is 6. The van der Waals surface area contributed by atoms with Gasteiger partial charge in [-0.15, -0.1) is 0 Å². The van der Waals surface area contributed by atoms with Crippen molar-refractivity contribution in [2.45, 2.75) is 17.6 Å². The Bertz CT molecular complexity index is 1130. The molecule has 0 aliphatic carbocycles. The average Bonchev–Trinajstić information content (AvgIpc) is 2.82. The van der Waals surface area contributed by atoms with E-state index < -0.39 is 32.6 Å². The van der Waals surface area contributed by atoms with E-state index in [0.717, 1.165) is 28.1 Å². The van der Waals surface area contributed by atoms with Crippen molar-refractivity contribution < 1.29 is 35.9 Å². The van der Waals surface area contributed by atoms with Crippen molar-refractivity contribution in [1.82, 2.24) is 14.5 Å². The number of amides is 1. The van der Waals surface area contributed by atoms with Crippen LogP contribution in [0, 0.1) is 0 Å². The molecule has 0 atom stereocenters. The maximum atomic E-state index is 13.3. The summed E-state index contributed by atoms with van der Waals surface area (Å²) in [5.74, 6) is -0.741. The molecule has 3 rings (SSSR count). The maximum Gasteiger partial charge on any atom is 0.417 e. The summed E-state index contributed by atoms with van der Waals surface area (Å²) in [6, 6.07) is 10.7. The van der Waals surface area contributed by atoms with Crippen LogP contribution in [-0.2, 0) is 32.3 Å². The van der Waals surface area contributed by atoms with Crippen LogP contribution in [0.5, 0.6) is 0 Å². The van der Waals surface area contributed by atoms with E-state index in [9.17, 15) is 31.2 Å². The van der Waals surface area contributed by atoms with Crippen LogP contribution in [0.25, 0.3) is 0 Å². The number of nitrogens with zero attached hydrogens (tertiary/aromatic N) is 2. The van der Waals surface area contributed by atoms with Crippen molar-refractivity contribution in [1.29, 1.82) is 0 Å². The van der Waals surface area contributed by atoms with Crippen LogP contribution in [0.4, 0.5) is 13.2 Å². The van der Waals surface area contributed by atoms with E-state index in [1.807, 2.05) is 0 Å². The van der Waals surface area contributed by atoms with Crippen molar-refractivity contribution in [2.24, 2.45) is 0 Å². The van der Waals surface area contributed by atoms with E-state index in [1.165, 1.54) is 13.2 Å². The first kappa shape index (κ1) is 25.7. The molecule has 34 heavy (non-hydrogen) atoms. The first-order chi connectivity index (χ1) is 16.0. The summed E-state index contributed by atoms with van der Waals surface area (Å²) in [5.41, 5.74) is -0.0278. The van der Waals surface area contributed by atoms with Crippen molar-refractivity contribution in [3.8, 4) is 0 Å². The Kier molecular flexibility index (Phi) is 7.95. The van der Waals surface area contributed by atoms with E-state index >= 15 is 0 Å². The third-order valence-electron chi connectivity index (χ3n) is 5.37. The first-order valence-electron chi connectivity index (χ1n) is 10.3. The summed E-state index contributed by atoms with van der Waals surface area (Å²) >= 11 is 0. The Morgan fingerprint density at radius 3 is 2.21 bits per heavy atom. The molecule has 1 aliphatic rings. The zero-order valence-corrected chi connectivity index (χ0v) is 19.2. The number of carbonyl (C=O) groups is 2. The van der Waals surface area contributed by atoms with E-state index in [4.69, 9.17) is 0 Å². The molecule has 1 heterocycles. The van der Waals surface area contributed by atoms with Gasteiger partial charge in [-0.2, -0.15) is 17.5 Å². The number of carbonyl (C=O) groups excluding carboxylic acids is 2. The minimum Gasteiger partial charge on any atom is -0.465 e. The molecule has 1 N–H and O–H groups in total. The SMILES string of the molecule is COC(=O)c1ccc(CNC(=O)CN2CCN(S(=O)(=O)c3ccccc3C(F)(F)F)CC2)cc1. The highest BCUT2D eigenvalue weighted by Gasteiger charge is 2.39. The fourth-order valence-electron chi connectivity index (χ4n) is 3.53. The first-order valence-corrected chi connectivity index (χ1v) is 11.8. The number of nitrogens with one attached hydrogen (secondary N) is 1. The molecule has 0 aromatic heterocycles. The van der Waals surface area contributed by atoms with Gasteiger partial charge < -0.3 is 10.1 Å². The minimum atomic E-state index is -4.79. The van der Waals surface area contributed by atoms with Crippen LogP contribution in [0.15, 0.2) is 53.4 Å². The number of alkyl halides is 3. The summed E-state index contributed by atoms with van der Waals surface area (Å²) < 4.78 is 71.1. The van der Waals surface area contributed by atoms with Gasteiger partial charge in [0.25, 0.3) is 0 Å². The Labute approximate surface area is 195 Å². The molecule has 1 aliphatic heterocycles. The highest BCUT2D eigenvalue weighted by molar-refractivity contribution is 7.89. The number of sulfonamides is 1. The Balaban J connectivity index is 1.52. The van der Waals surface area contributed by atoms with E-state index in [1.54, 1.807) is 29.2 Å². The lowest BCUT2D eigenvalue weighted by Crippen LogP contribution is -2.51. The average molecular weight is 500 g/mol. The normalized spacial score (nSPS) is 15.6. The number of rotatable bonds is 7. The van der Waals surface area contributed by atoms with Gasteiger partial charge in [0, 0.05) is 32.7 Å². The molecule has 0 saturated carbocycles. The second kappa shape index (κ2) is 10.5. The van der Waals surface area contributed by atoms with Crippen molar-refractivity contribution in [3.63, 3.8) is 0 Å². The van der Waals surface area contributed by atoms with Crippen LogP contribution in [0.1, 0.15) is 21.5 Å². The van der Waals surface area contributed by atoms with E-state index in [0.29, 0.717) is 5.56 Å². The number of ether oxygens (including phenoxy) is 1. The number of halogens is 3. The van der Waals surface area contributed by atoms with Gasteiger partial charge in [-0.3, -0.25) is 9.69 Å². The van der Waals surface area contributed by atoms with Gasteiger partial charge >= 0.3 is 12.1 Å². The standard InChI is InChI=1S/C22H24F3N3O5S/c1-33-21(30)17-8-6-16(7-9-17)14-26-20(29)15-27-10-12-28(13-11-27)34(31,32)19-5-3-2-4-18(19)22(23,24)25/h2-9H,10-15H2,1H3,(H,26,29). The predicted molar refractivity (Wildman–Crippen MR) is 116 cm³/mol. The zero-order chi connectivity index (χ0) is 24.9. The lowest BCUT2D eigenvalue weighted by Gasteiger charge is -2.34. The molecule has 0 radical (unpaired) electrons. The van der Waals surface area contributed by atoms with Crippen molar-refractivity contribution in [3.05, 3.63) is 65.2 Å². The Morgan fingerprint density at radius 1 is 1.00 bits per heavy atom. The van der Waals surface area contributed by atoms with E-state index in [2.05, 4.69) is 10.1 Å². The van der Waals surface area contributed by atoms with Gasteiger partial charge in [0.1, 0.15) is 0 Å². The van der Waals surface area contributed by atoms with Crippen LogP contribution in [-0.4, -0.2) is 69.3 Å². The second-order valence-corrected chi connectivity index (χ2v) is 9.55. The molecule has 2 aromatic rings. The fourth-order valence-corrected chi connectivity index (χ4v) is 5.16. The highest BCUT2D eigenvalue weighted by Crippen LogP contribution is 2.35. The third-order valence-corrected chi connectivity index (χ3v) is 7.33. The molecule has 0 unspecified atom stereocenters. The predicted octanol–water partition coefficient (Wildman–Crippen LogP) is 2.11. The number of methoxy groups -OCH3 is 1. The van der Waals surface area contributed by atoms with Crippen molar-refractivity contribution in [2.75, 3.05) is 39.8 Å². The molecule has 8 nitrogen and oxygen atoms in total. The van der Waals surface area contributed by atoms with Crippen LogP contribution < -0.4 is 5.32 Å². The number of benzene rings is 2. The molecular weight excluding hydrogens is 475 g/mol. The third kappa shape index (κ3) is 6.13. The number of esters is 1. The Morgan fingerprint density at radius 2 is 1.62 bits per heavy atom. The maximum absolute atomic E-state index is 13.3. The molecular formula is C22H24F3N3O5S. The quantitative estimate of drug-likeness (QED) is 0.587. The topological polar surface area (TPSA) is 96.0 Å². The fraction of sp³-hybridized carbons (Fsp3) is 0.364. The van der Waals surface area contributed by atoms with Gasteiger partial charge in [-0.05, 0) is 29.8 Å². The summed E-state index contributed by atoms with van der Waals surface area (Å²) in [6.45, 7) is 0.604. The second-order valence-electron chi connectivity index (χ2n) is 7.64. The zero-order valence-electron chi connectivity index (χ0n) is 18.3. The summed E-state index contributed by atoms with van der Waals surface area (Å²) in [5, 5.41) is 2.75. The lowest BCUT2D eigenvalue weighted by molar-refractivity contribution is -0.140. The molecule has 0 spiro atoms. The largest absolute Gasteiger partial charge is 0.465 e. The monoisotopic (exact) mass is 499 g/mol. The Hall–Kier alpha value is -2.96. The lowest BCUT2D eigenvalue weighted by atomic mass is 10.1. The smallest absolute Gasteiger partial charge is 0.417 e. The number of hydrogen-bond donors (Lipinski definition) is 1. The molecule has 12 heteroatoms. The van der Waals surface area contributed by atoms with Crippen LogP contribution in [0.3, 0.4) is 0 Å². The molecule has 1 saturated heterocycles. The van der Waals surface area contributed by atoms with E-state index in [-0.39, 0.29) is 45.2 Å². The molecule has 0 bridgehead atoms. The highest BCUT2D eigenvalue weighted by atomic mass is 32.2. The summed E-state index contributed by atoms with van der Waals surface area (Å²) in [4.78, 5) is 24.7. The van der Waals surface area contributed by atoms with Crippen LogP contribution in [0.2, 0.25) is 0 Å². The molecule has 1 amide bonds. The van der Waals surface area contributed by atoms with Gasteiger partial charge in [0.05, 0.1) is 29.7 Å². The molecule has 1 fully saturated rings. The molecule has 184 valence electrons. The minimum absolute atomic E-state index is 0.0211. The van der Waals surface area contributed by atoms with Gasteiger partial charge in [0.2, 0.25) is 15.9 Å². The summed E-state index contributed by atoms with van der Waals surface area (Å²) in [7, 11) is -3.05. The van der Waals surface area contributed by atoms with Crippen LogP contribution >= 0.6 is 0 Å². The van der Waals surface area contributed by atoms with Gasteiger partial charge in [-0.1, -0.05) is 24.3 Å². The number of piperazine rings is 1. The van der Waals surface area contributed by atoms with Crippen molar-refractivity contribution >= 4 is 21.9 Å².